The quantitative estimate of drug-likeness (QED) is 0.466. The lowest BCUT2D eigenvalue weighted by Gasteiger charge is -2.11. The van der Waals surface area contributed by atoms with E-state index in [1.165, 1.54) is 18.2 Å². The van der Waals surface area contributed by atoms with E-state index >= 15 is 0 Å². The van der Waals surface area contributed by atoms with Crippen LogP contribution >= 0.6 is 0 Å². The lowest BCUT2D eigenvalue weighted by Crippen LogP contribution is -1.97. The van der Waals surface area contributed by atoms with Gasteiger partial charge < -0.3 is 26.4 Å². The summed E-state index contributed by atoms with van der Waals surface area (Å²) in [5, 5.41) is 19.4. The zero-order valence-electron chi connectivity index (χ0n) is 10.9. The number of para-hydroxylation sites is 1. The summed E-state index contributed by atoms with van der Waals surface area (Å²) in [5.74, 6) is 0.0447. The van der Waals surface area contributed by atoms with Crippen LogP contribution in [0.4, 0.5) is 11.4 Å². The average Bonchev–Trinajstić information content (AvgIpc) is 2.38. The largest absolute Gasteiger partial charge is 0.507 e. The molecule has 0 aromatic heterocycles. The summed E-state index contributed by atoms with van der Waals surface area (Å²) in [6, 6.07) is 9.61. The Balaban J connectivity index is 0.000000550. The first-order valence-electron chi connectivity index (χ1n) is 5.58. The summed E-state index contributed by atoms with van der Waals surface area (Å²) in [7, 11) is 3.25. The molecular formula is C14H18N2O3. The number of nitrogen functional groups attached to an aromatic ring is 2. The van der Waals surface area contributed by atoms with Gasteiger partial charge in [-0.15, -0.1) is 0 Å². The van der Waals surface area contributed by atoms with Crippen LogP contribution < -0.4 is 11.5 Å². The van der Waals surface area contributed by atoms with Crippen molar-refractivity contribution in [1.82, 2.24) is 0 Å². The molecule has 0 radical (unpaired) electrons. The van der Waals surface area contributed by atoms with Gasteiger partial charge in [-0.2, -0.15) is 0 Å². The van der Waals surface area contributed by atoms with E-state index in [9.17, 15) is 10.2 Å². The average molecular weight is 262 g/mol. The van der Waals surface area contributed by atoms with Crippen LogP contribution in [0.3, 0.4) is 0 Å². The lowest BCUT2D eigenvalue weighted by molar-refractivity contribution is 0.277. The molecule has 0 aliphatic carbocycles. The maximum absolute atomic E-state index is 9.75. The highest BCUT2D eigenvalue weighted by Gasteiger charge is 2.13. The van der Waals surface area contributed by atoms with Crippen LogP contribution in [0.25, 0.3) is 11.1 Å². The number of rotatable bonds is 1. The van der Waals surface area contributed by atoms with Gasteiger partial charge >= 0.3 is 0 Å². The molecule has 0 bridgehead atoms. The third kappa shape index (κ3) is 3.29. The standard InChI is InChI=1S/C12H12N2O2.C2H6O/c13-8-5-6-10(16)11(12(8)14)7-3-1-2-4-9(7)15;1-3-2/h1-6,15-16H,13-14H2;1-2H3. The second-order valence-corrected chi connectivity index (χ2v) is 3.89. The van der Waals surface area contributed by atoms with Crippen LogP contribution in [0.15, 0.2) is 36.4 Å². The summed E-state index contributed by atoms with van der Waals surface area (Å²) >= 11 is 0. The van der Waals surface area contributed by atoms with Gasteiger partial charge in [-0.05, 0) is 18.2 Å². The van der Waals surface area contributed by atoms with Gasteiger partial charge in [-0.3, -0.25) is 0 Å². The fourth-order valence-corrected chi connectivity index (χ4v) is 1.59. The van der Waals surface area contributed by atoms with Gasteiger partial charge in [-0.25, -0.2) is 0 Å². The Labute approximate surface area is 112 Å². The van der Waals surface area contributed by atoms with Crippen molar-refractivity contribution in [1.29, 1.82) is 0 Å². The van der Waals surface area contributed by atoms with E-state index in [1.54, 1.807) is 32.4 Å². The van der Waals surface area contributed by atoms with Crippen molar-refractivity contribution < 1.29 is 14.9 Å². The molecule has 0 aliphatic rings. The highest BCUT2D eigenvalue weighted by molar-refractivity contribution is 5.90. The molecule has 0 saturated heterocycles. The topological polar surface area (TPSA) is 102 Å². The van der Waals surface area contributed by atoms with E-state index < -0.39 is 0 Å². The number of hydrogen-bond acceptors (Lipinski definition) is 5. The first-order valence-corrected chi connectivity index (χ1v) is 5.58. The number of anilines is 2. The molecule has 19 heavy (non-hydrogen) atoms. The molecule has 2 rings (SSSR count). The van der Waals surface area contributed by atoms with E-state index in [2.05, 4.69) is 4.74 Å². The first kappa shape index (κ1) is 14.7. The minimum atomic E-state index is -0.00630. The summed E-state index contributed by atoms with van der Waals surface area (Å²) in [4.78, 5) is 0. The molecule has 6 N–H and O–H groups in total. The molecule has 0 spiro atoms. The highest BCUT2D eigenvalue weighted by atomic mass is 16.4. The van der Waals surface area contributed by atoms with Crippen molar-refractivity contribution in [2.45, 2.75) is 0 Å². The molecule has 5 heteroatoms. The van der Waals surface area contributed by atoms with Crippen molar-refractivity contribution in [3.63, 3.8) is 0 Å². The Morgan fingerprint density at radius 1 is 0.895 bits per heavy atom. The molecule has 0 atom stereocenters. The fourth-order valence-electron chi connectivity index (χ4n) is 1.59. The highest BCUT2D eigenvalue weighted by Crippen LogP contribution is 2.41. The van der Waals surface area contributed by atoms with Gasteiger partial charge in [0.05, 0.1) is 16.9 Å². The van der Waals surface area contributed by atoms with Crippen LogP contribution in [-0.2, 0) is 4.74 Å². The third-order valence-corrected chi connectivity index (χ3v) is 2.43. The predicted octanol–water partition coefficient (Wildman–Crippen LogP) is 2.19. The number of phenols is 2. The number of nitrogens with two attached hydrogens (primary N) is 2. The minimum absolute atomic E-state index is 0.00630. The van der Waals surface area contributed by atoms with Crippen molar-refractivity contribution >= 4 is 11.4 Å². The van der Waals surface area contributed by atoms with E-state index in [-0.39, 0.29) is 17.2 Å². The summed E-state index contributed by atoms with van der Waals surface area (Å²) < 4.78 is 4.25. The van der Waals surface area contributed by atoms with Crippen LogP contribution in [-0.4, -0.2) is 24.4 Å². The first-order chi connectivity index (χ1) is 9.02. The summed E-state index contributed by atoms with van der Waals surface area (Å²) in [6.07, 6.45) is 0. The van der Waals surface area contributed by atoms with Crippen molar-refractivity contribution in [2.24, 2.45) is 0 Å². The smallest absolute Gasteiger partial charge is 0.125 e. The Morgan fingerprint density at radius 3 is 2.05 bits per heavy atom. The molecule has 0 heterocycles. The number of benzene rings is 2. The van der Waals surface area contributed by atoms with Crippen molar-refractivity contribution in [3.05, 3.63) is 36.4 Å². The molecule has 0 saturated carbocycles. The SMILES string of the molecule is COC.Nc1ccc(O)c(-c2ccccc2O)c1N. The monoisotopic (exact) mass is 262 g/mol. The van der Waals surface area contributed by atoms with Gasteiger partial charge in [-0.1, -0.05) is 18.2 Å². The predicted molar refractivity (Wildman–Crippen MR) is 77.0 cm³/mol. The third-order valence-electron chi connectivity index (χ3n) is 2.43. The molecule has 2 aromatic carbocycles. The second-order valence-electron chi connectivity index (χ2n) is 3.89. The summed E-state index contributed by atoms with van der Waals surface area (Å²) in [5.41, 5.74) is 12.9. The normalized spacial score (nSPS) is 9.58. The van der Waals surface area contributed by atoms with Crippen LogP contribution in [0, 0.1) is 0 Å². The van der Waals surface area contributed by atoms with Crippen LogP contribution in [0.2, 0.25) is 0 Å². The molecule has 102 valence electrons. The zero-order chi connectivity index (χ0) is 14.4. The van der Waals surface area contributed by atoms with Crippen molar-refractivity contribution in [2.75, 3.05) is 25.7 Å². The molecular weight excluding hydrogens is 244 g/mol. The molecule has 2 aromatic rings. The Morgan fingerprint density at radius 2 is 1.47 bits per heavy atom. The van der Waals surface area contributed by atoms with E-state index in [1.807, 2.05) is 0 Å². The fraction of sp³-hybridized carbons (Fsp3) is 0.143. The van der Waals surface area contributed by atoms with Gasteiger partial charge in [0.2, 0.25) is 0 Å². The van der Waals surface area contributed by atoms with Crippen molar-refractivity contribution in [3.8, 4) is 22.6 Å². The number of methoxy groups -OCH3 is 1. The number of aromatic hydroxyl groups is 2. The Hall–Kier alpha value is -2.40. The van der Waals surface area contributed by atoms with Crippen LogP contribution in [0.1, 0.15) is 0 Å². The van der Waals surface area contributed by atoms with Gasteiger partial charge in [0.15, 0.2) is 0 Å². The molecule has 0 unspecified atom stereocenters. The maximum atomic E-state index is 9.75. The second kappa shape index (κ2) is 6.51. The van der Waals surface area contributed by atoms with E-state index in [0.717, 1.165) is 0 Å². The van der Waals surface area contributed by atoms with E-state index in [0.29, 0.717) is 16.8 Å². The maximum Gasteiger partial charge on any atom is 0.125 e. The molecule has 0 aliphatic heterocycles. The van der Waals surface area contributed by atoms with Crippen LogP contribution in [0.5, 0.6) is 11.5 Å². The molecule has 5 nitrogen and oxygen atoms in total. The van der Waals surface area contributed by atoms with E-state index in [4.69, 9.17) is 11.5 Å². The summed E-state index contributed by atoms with van der Waals surface area (Å²) in [6.45, 7) is 0. The van der Waals surface area contributed by atoms with Gasteiger partial charge in [0, 0.05) is 19.8 Å². The number of phenolic OH excluding ortho intramolecular Hbond substituents is 2. The lowest BCUT2D eigenvalue weighted by atomic mass is 10.0. The zero-order valence-corrected chi connectivity index (χ0v) is 10.9. The minimum Gasteiger partial charge on any atom is -0.507 e. The molecule has 0 fully saturated rings. The van der Waals surface area contributed by atoms with Gasteiger partial charge in [0.25, 0.3) is 0 Å². The number of hydrogen-bond donors (Lipinski definition) is 4. The Bertz CT molecular complexity index is 556. The number of ether oxygens (including phenoxy) is 1. The Kier molecular flexibility index (Phi) is 5.02. The molecule has 0 amide bonds. The van der Waals surface area contributed by atoms with Gasteiger partial charge in [0.1, 0.15) is 11.5 Å².